The Hall–Kier alpha value is -1.98. The van der Waals surface area contributed by atoms with Gasteiger partial charge in [-0.1, -0.05) is 75.1 Å². The number of aromatic nitrogens is 1. The lowest BCUT2D eigenvalue weighted by atomic mass is 10.0. The van der Waals surface area contributed by atoms with Gasteiger partial charge in [0, 0.05) is 24.9 Å². The zero-order valence-corrected chi connectivity index (χ0v) is 27.0. The van der Waals surface area contributed by atoms with E-state index in [1.165, 1.54) is 34.3 Å². The molecular weight excluding hydrogens is 517 g/mol. The maximum Gasteiger partial charge on any atom is 0.220 e. The summed E-state index contributed by atoms with van der Waals surface area (Å²) in [5.74, 6) is 1.01. The van der Waals surface area contributed by atoms with Crippen molar-refractivity contribution >= 4 is 27.5 Å². The van der Waals surface area contributed by atoms with E-state index in [0.717, 1.165) is 62.1 Å². The summed E-state index contributed by atoms with van der Waals surface area (Å²) in [5, 5.41) is 4.02. The maximum absolute atomic E-state index is 12.1. The summed E-state index contributed by atoms with van der Waals surface area (Å²) in [5.41, 5.74) is 7.18. The second-order valence-corrected chi connectivity index (χ2v) is 13.0. The number of amides is 1. The van der Waals surface area contributed by atoms with Crippen molar-refractivity contribution in [3.8, 4) is 0 Å². The molecule has 0 unspecified atom stereocenters. The Labute approximate surface area is 247 Å². The molecule has 0 saturated heterocycles. The number of carbonyl (C=O) groups excluding carboxylic acids is 1. The quantitative estimate of drug-likeness (QED) is 0.0965. The molecule has 216 valence electrons. The molecule has 0 aliphatic rings. The second kappa shape index (κ2) is 22.8. The van der Waals surface area contributed by atoms with Gasteiger partial charge >= 0.3 is 0 Å². The molecule has 0 spiro atoms. The molecule has 0 atom stereocenters. The van der Waals surface area contributed by atoms with Crippen LogP contribution < -0.4 is 5.32 Å². The molecule has 0 radical (unpaired) electrons. The minimum Gasteiger partial charge on any atom is -0.355 e. The molecule has 1 heterocycles. The number of nitrogens with zero attached hydrogens (tertiary/aromatic N) is 1. The Bertz CT molecular complexity index is 970. The summed E-state index contributed by atoms with van der Waals surface area (Å²) in [6, 6.07) is 5.90. The van der Waals surface area contributed by atoms with Crippen LogP contribution in [0.5, 0.6) is 0 Å². The molecule has 0 aromatic carbocycles. The largest absolute Gasteiger partial charge is 0.355 e. The number of pyridine rings is 1. The van der Waals surface area contributed by atoms with Gasteiger partial charge in [0.15, 0.2) is 0 Å². The summed E-state index contributed by atoms with van der Waals surface area (Å²) in [6.45, 7) is 13.9. The van der Waals surface area contributed by atoms with E-state index in [1.807, 2.05) is 18.2 Å². The molecule has 0 aliphatic heterocycles. The fraction of sp³-hybridized carbons (Fsp3) is 0.529. The van der Waals surface area contributed by atoms with Gasteiger partial charge in [0.25, 0.3) is 0 Å². The van der Waals surface area contributed by atoms with Crippen molar-refractivity contribution in [3.63, 3.8) is 0 Å². The number of hydrogen-bond acceptors (Lipinski definition) is 4. The predicted molar refractivity (Wildman–Crippen MR) is 176 cm³/mol. The smallest absolute Gasteiger partial charge is 0.220 e. The summed E-state index contributed by atoms with van der Waals surface area (Å²) >= 11 is 0. The molecule has 1 amide bonds. The van der Waals surface area contributed by atoms with Gasteiger partial charge in [-0.3, -0.25) is 4.79 Å². The van der Waals surface area contributed by atoms with Crippen LogP contribution in [-0.2, 0) is 4.79 Å². The SMILES string of the molecule is CC(C)=CCC/C(C)=C/CC/C(C)=C/CC/C=C(\C)CC/C=C(\C)CCC(=O)NCCSSc1ccccn1. The third-order valence-electron chi connectivity index (χ3n) is 6.34. The first kappa shape index (κ1) is 35.0. The van der Waals surface area contributed by atoms with Gasteiger partial charge in [0.05, 0.1) is 0 Å². The molecule has 1 aromatic heterocycles. The van der Waals surface area contributed by atoms with E-state index in [1.54, 1.807) is 27.8 Å². The number of hydrogen-bond donors (Lipinski definition) is 1. The van der Waals surface area contributed by atoms with Gasteiger partial charge in [-0.15, -0.1) is 0 Å². The van der Waals surface area contributed by atoms with Crippen LogP contribution in [0.1, 0.15) is 106 Å². The van der Waals surface area contributed by atoms with Crippen LogP contribution in [0.3, 0.4) is 0 Å². The van der Waals surface area contributed by atoms with Crippen molar-refractivity contribution in [1.82, 2.24) is 10.3 Å². The van der Waals surface area contributed by atoms with Crippen molar-refractivity contribution < 1.29 is 4.79 Å². The Morgan fingerprint density at radius 3 is 1.79 bits per heavy atom. The highest BCUT2D eigenvalue weighted by molar-refractivity contribution is 8.76. The number of allylic oxidation sites excluding steroid dienone is 10. The maximum atomic E-state index is 12.1. The van der Waals surface area contributed by atoms with Gasteiger partial charge in [0.2, 0.25) is 5.91 Å². The van der Waals surface area contributed by atoms with Gasteiger partial charge < -0.3 is 5.32 Å². The van der Waals surface area contributed by atoms with Crippen LogP contribution in [0, 0.1) is 0 Å². The average molecular weight is 569 g/mol. The van der Waals surface area contributed by atoms with Crippen LogP contribution in [-0.4, -0.2) is 23.2 Å². The van der Waals surface area contributed by atoms with Crippen molar-refractivity contribution in [1.29, 1.82) is 0 Å². The van der Waals surface area contributed by atoms with Crippen molar-refractivity contribution in [2.45, 2.75) is 111 Å². The number of rotatable bonds is 20. The summed E-state index contributed by atoms with van der Waals surface area (Å²) in [7, 11) is 3.37. The molecule has 3 nitrogen and oxygen atoms in total. The third-order valence-corrected chi connectivity index (χ3v) is 8.61. The van der Waals surface area contributed by atoms with Gasteiger partial charge in [-0.2, -0.15) is 0 Å². The molecule has 39 heavy (non-hydrogen) atoms. The van der Waals surface area contributed by atoms with E-state index in [2.05, 4.69) is 82.2 Å². The van der Waals surface area contributed by atoms with Gasteiger partial charge in [-0.05, 0) is 122 Å². The first-order valence-corrected chi connectivity index (χ1v) is 16.8. The number of nitrogens with one attached hydrogen (secondary N) is 1. The van der Waals surface area contributed by atoms with Crippen LogP contribution in [0.4, 0.5) is 0 Å². The van der Waals surface area contributed by atoms with E-state index < -0.39 is 0 Å². The highest BCUT2D eigenvalue weighted by Gasteiger charge is 2.02. The lowest BCUT2D eigenvalue weighted by Crippen LogP contribution is -2.25. The molecular formula is C34H52N2OS2. The van der Waals surface area contributed by atoms with E-state index in [9.17, 15) is 4.79 Å². The highest BCUT2D eigenvalue weighted by atomic mass is 33.1. The lowest BCUT2D eigenvalue weighted by molar-refractivity contribution is -0.120. The fourth-order valence-corrected chi connectivity index (χ4v) is 5.66. The molecule has 1 aromatic rings. The Kier molecular flexibility index (Phi) is 20.5. The van der Waals surface area contributed by atoms with Crippen LogP contribution in [0.2, 0.25) is 0 Å². The molecule has 0 bridgehead atoms. The second-order valence-electron chi connectivity index (χ2n) is 10.6. The summed E-state index contributed by atoms with van der Waals surface area (Å²) in [6.07, 6.45) is 24.0. The zero-order chi connectivity index (χ0) is 28.7. The molecule has 0 saturated carbocycles. The fourth-order valence-electron chi connectivity index (χ4n) is 3.88. The Morgan fingerprint density at radius 2 is 1.26 bits per heavy atom. The first-order valence-electron chi connectivity index (χ1n) is 14.5. The summed E-state index contributed by atoms with van der Waals surface area (Å²) in [4.78, 5) is 16.4. The monoisotopic (exact) mass is 568 g/mol. The van der Waals surface area contributed by atoms with Crippen LogP contribution in [0.25, 0.3) is 0 Å². The number of carbonyl (C=O) groups is 1. The average Bonchev–Trinajstić information content (AvgIpc) is 2.90. The van der Waals surface area contributed by atoms with Crippen LogP contribution >= 0.6 is 21.6 Å². The molecule has 1 rings (SSSR count). The van der Waals surface area contributed by atoms with E-state index in [-0.39, 0.29) is 5.91 Å². The molecule has 0 aliphatic carbocycles. The molecule has 0 fully saturated rings. The van der Waals surface area contributed by atoms with Gasteiger partial charge in [0.1, 0.15) is 5.03 Å². The van der Waals surface area contributed by atoms with E-state index >= 15 is 0 Å². The molecule has 5 heteroatoms. The van der Waals surface area contributed by atoms with Crippen LogP contribution in [0.15, 0.2) is 87.7 Å². The lowest BCUT2D eigenvalue weighted by Gasteiger charge is -2.06. The summed E-state index contributed by atoms with van der Waals surface area (Å²) < 4.78 is 0. The minimum atomic E-state index is 0.135. The van der Waals surface area contributed by atoms with E-state index in [0.29, 0.717) is 13.0 Å². The first-order chi connectivity index (χ1) is 18.8. The minimum absolute atomic E-state index is 0.135. The number of unbranched alkanes of at least 4 members (excludes halogenated alkanes) is 1. The van der Waals surface area contributed by atoms with Crippen molar-refractivity contribution in [2.75, 3.05) is 12.3 Å². The Morgan fingerprint density at radius 1 is 0.718 bits per heavy atom. The topological polar surface area (TPSA) is 42.0 Å². The van der Waals surface area contributed by atoms with E-state index in [4.69, 9.17) is 0 Å². The Balaban J connectivity index is 2.12. The van der Waals surface area contributed by atoms with Crippen molar-refractivity contribution in [3.05, 3.63) is 82.6 Å². The van der Waals surface area contributed by atoms with Crippen molar-refractivity contribution in [2.24, 2.45) is 0 Å². The normalized spacial score (nSPS) is 13.0. The highest BCUT2D eigenvalue weighted by Crippen LogP contribution is 2.28. The standard InChI is InChI=1S/C34H52N2OS2/c1-28(2)14-11-17-31(5)20-12-18-29(3)15-7-8-16-30(4)19-13-21-32(6)23-24-33(37)35-26-27-38-39-34-22-9-10-25-36-34/h9-10,14-16,20-22,25H,7-8,11-13,17-19,23-24,26-27H2,1-6H3,(H,35,37)/b29-15+,30-16+,31-20+,32-21+. The third kappa shape index (κ3) is 21.5. The molecule has 1 N–H and O–H groups in total. The zero-order valence-electron chi connectivity index (χ0n) is 25.4. The predicted octanol–water partition coefficient (Wildman–Crippen LogP) is 10.6. The van der Waals surface area contributed by atoms with Gasteiger partial charge in [-0.25, -0.2) is 4.98 Å².